The second kappa shape index (κ2) is 5.99. The minimum Gasteiger partial charge on any atom is -0.381 e. The summed E-state index contributed by atoms with van der Waals surface area (Å²) in [5.41, 5.74) is 6.15. The zero-order valence-corrected chi connectivity index (χ0v) is 11.3. The van der Waals surface area contributed by atoms with Crippen molar-refractivity contribution in [3.8, 4) is 0 Å². The second-order valence-electron chi connectivity index (χ2n) is 5.72. The molecule has 0 aromatic rings. The Morgan fingerprint density at radius 3 is 2.31 bits per heavy atom. The van der Waals surface area contributed by atoms with Crippen LogP contribution >= 0.6 is 0 Å². The first-order chi connectivity index (χ1) is 7.51. The lowest BCUT2D eigenvalue weighted by Gasteiger charge is -2.45. The van der Waals surface area contributed by atoms with Crippen molar-refractivity contribution in [1.29, 1.82) is 0 Å². The van der Waals surface area contributed by atoms with Crippen LogP contribution in [0.25, 0.3) is 0 Å². The molecule has 1 heterocycles. The first-order valence-corrected chi connectivity index (χ1v) is 6.49. The van der Waals surface area contributed by atoms with Crippen LogP contribution in [0.4, 0.5) is 0 Å². The molecule has 1 atom stereocenters. The van der Waals surface area contributed by atoms with Gasteiger partial charge in [-0.25, -0.2) is 0 Å². The van der Waals surface area contributed by atoms with Crippen LogP contribution in [0.3, 0.4) is 0 Å². The number of nitrogens with zero attached hydrogens (tertiary/aromatic N) is 1. The van der Waals surface area contributed by atoms with E-state index < -0.39 is 0 Å². The quantitative estimate of drug-likeness (QED) is 0.780. The van der Waals surface area contributed by atoms with Crippen molar-refractivity contribution in [1.82, 2.24) is 4.90 Å². The maximum absolute atomic E-state index is 5.98. The van der Waals surface area contributed by atoms with Crippen LogP contribution in [0.5, 0.6) is 0 Å². The number of hydrogen-bond donors (Lipinski definition) is 1. The number of ether oxygens (including phenoxy) is 1. The van der Waals surface area contributed by atoms with Gasteiger partial charge in [-0.05, 0) is 32.1 Å². The summed E-state index contributed by atoms with van der Waals surface area (Å²) in [6.45, 7) is 9.85. The lowest BCUT2D eigenvalue weighted by molar-refractivity contribution is -0.00275. The molecular formula is C13H28N2O. The van der Waals surface area contributed by atoms with Gasteiger partial charge in [-0.15, -0.1) is 0 Å². The number of rotatable bonds is 5. The van der Waals surface area contributed by atoms with Crippen LogP contribution in [-0.2, 0) is 4.74 Å². The number of likely N-dealkylation sites (tertiary alicyclic amines) is 1. The van der Waals surface area contributed by atoms with Crippen molar-refractivity contribution in [3.63, 3.8) is 0 Å². The first kappa shape index (κ1) is 13.9. The Balaban J connectivity index is 2.54. The molecule has 1 fully saturated rings. The third-order valence-electron chi connectivity index (χ3n) is 3.83. The standard InChI is InChI=1S/C13H28N2O/c1-11(2)9-13(3,10-14)15-7-5-12(16-4)6-8-15/h11-12H,5-10,14H2,1-4H3. The molecule has 1 aliphatic rings. The topological polar surface area (TPSA) is 38.5 Å². The summed E-state index contributed by atoms with van der Waals surface area (Å²) in [6.07, 6.45) is 3.92. The maximum Gasteiger partial charge on any atom is 0.0595 e. The van der Waals surface area contributed by atoms with Gasteiger partial charge in [0, 0.05) is 32.3 Å². The Labute approximate surface area is 100 Å². The fourth-order valence-electron chi connectivity index (χ4n) is 2.85. The molecule has 0 aromatic carbocycles. The average molecular weight is 228 g/mol. The smallest absolute Gasteiger partial charge is 0.0595 e. The predicted octanol–water partition coefficient (Wildman–Crippen LogP) is 1.86. The summed E-state index contributed by atoms with van der Waals surface area (Å²) in [5.74, 6) is 0.702. The van der Waals surface area contributed by atoms with Gasteiger partial charge in [0.05, 0.1) is 6.10 Å². The van der Waals surface area contributed by atoms with Crippen LogP contribution < -0.4 is 5.73 Å². The van der Waals surface area contributed by atoms with E-state index in [0.29, 0.717) is 12.0 Å². The highest BCUT2D eigenvalue weighted by atomic mass is 16.5. The molecular weight excluding hydrogens is 200 g/mol. The van der Waals surface area contributed by atoms with E-state index in [9.17, 15) is 0 Å². The van der Waals surface area contributed by atoms with E-state index >= 15 is 0 Å². The van der Waals surface area contributed by atoms with Crippen LogP contribution in [-0.4, -0.2) is 43.3 Å². The highest BCUT2D eigenvalue weighted by molar-refractivity contribution is 4.91. The highest BCUT2D eigenvalue weighted by Crippen LogP contribution is 2.27. The molecule has 0 bridgehead atoms. The molecule has 16 heavy (non-hydrogen) atoms. The minimum atomic E-state index is 0.173. The van der Waals surface area contributed by atoms with Gasteiger partial charge in [0.25, 0.3) is 0 Å². The van der Waals surface area contributed by atoms with Crippen molar-refractivity contribution >= 4 is 0 Å². The molecule has 3 nitrogen and oxygen atoms in total. The van der Waals surface area contributed by atoms with Gasteiger partial charge in [0.2, 0.25) is 0 Å². The molecule has 0 spiro atoms. The number of nitrogens with two attached hydrogens (primary N) is 1. The van der Waals surface area contributed by atoms with E-state index in [0.717, 1.165) is 32.5 Å². The van der Waals surface area contributed by atoms with Crippen LogP contribution in [0.1, 0.15) is 40.0 Å². The summed E-state index contributed by atoms with van der Waals surface area (Å²) in [4.78, 5) is 2.56. The molecule has 1 saturated heterocycles. The van der Waals surface area contributed by atoms with Gasteiger partial charge in [-0.3, -0.25) is 4.90 Å². The fraction of sp³-hybridized carbons (Fsp3) is 1.00. The highest BCUT2D eigenvalue weighted by Gasteiger charge is 2.33. The summed E-state index contributed by atoms with van der Waals surface area (Å²) in [6, 6.07) is 0. The molecule has 1 rings (SSSR count). The van der Waals surface area contributed by atoms with Crippen molar-refractivity contribution in [3.05, 3.63) is 0 Å². The van der Waals surface area contributed by atoms with Crippen molar-refractivity contribution in [2.75, 3.05) is 26.7 Å². The number of methoxy groups -OCH3 is 1. The largest absolute Gasteiger partial charge is 0.381 e. The molecule has 0 aromatic heterocycles. The van der Waals surface area contributed by atoms with Crippen molar-refractivity contribution in [2.24, 2.45) is 11.7 Å². The van der Waals surface area contributed by atoms with E-state index in [1.165, 1.54) is 6.42 Å². The zero-order valence-electron chi connectivity index (χ0n) is 11.3. The average Bonchev–Trinajstić information content (AvgIpc) is 2.28. The lowest BCUT2D eigenvalue weighted by Crippen LogP contribution is -2.55. The molecule has 1 aliphatic heterocycles. The van der Waals surface area contributed by atoms with Crippen LogP contribution in [0.2, 0.25) is 0 Å². The van der Waals surface area contributed by atoms with E-state index in [1.54, 1.807) is 0 Å². The van der Waals surface area contributed by atoms with Crippen molar-refractivity contribution < 1.29 is 4.74 Å². The van der Waals surface area contributed by atoms with Crippen LogP contribution in [0, 0.1) is 5.92 Å². The SMILES string of the molecule is COC1CCN(C(C)(CN)CC(C)C)CC1. The predicted molar refractivity (Wildman–Crippen MR) is 68.5 cm³/mol. The maximum atomic E-state index is 5.98. The normalized spacial score (nSPS) is 23.6. The Kier molecular flexibility index (Phi) is 5.22. The van der Waals surface area contributed by atoms with Gasteiger partial charge in [-0.2, -0.15) is 0 Å². The zero-order chi connectivity index (χ0) is 12.2. The van der Waals surface area contributed by atoms with E-state index in [4.69, 9.17) is 10.5 Å². The first-order valence-electron chi connectivity index (χ1n) is 6.49. The van der Waals surface area contributed by atoms with Gasteiger partial charge in [0.15, 0.2) is 0 Å². The molecule has 3 heteroatoms. The monoisotopic (exact) mass is 228 g/mol. The summed E-state index contributed by atoms with van der Waals surface area (Å²) >= 11 is 0. The van der Waals surface area contributed by atoms with E-state index in [2.05, 4.69) is 25.7 Å². The molecule has 0 radical (unpaired) electrons. The molecule has 0 saturated carbocycles. The molecule has 0 amide bonds. The third kappa shape index (κ3) is 3.44. The molecule has 0 aliphatic carbocycles. The fourth-order valence-corrected chi connectivity index (χ4v) is 2.85. The van der Waals surface area contributed by atoms with Gasteiger partial charge >= 0.3 is 0 Å². The van der Waals surface area contributed by atoms with Gasteiger partial charge in [-0.1, -0.05) is 13.8 Å². The van der Waals surface area contributed by atoms with E-state index in [1.807, 2.05) is 7.11 Å². The Morgan fingerprint density at radius 1 is 1.38 bits per heavy atom. The molecule has 1 unspecified atom stereocenters. The molecule has 2 N–H and O–H groups in total. The van der Waals surface area contributed by atoms with Crippen molar-refractivity contribution in [2.45, 2.75) is 51.7 Å². The van der Waals surface area contributed by atoms with Crippen LogP contribution in [0.15, 0.2) is 0 Å². The minimum absolute atomic E-state index is 0.173. The summed E-state index contributed by atoms with van der Waals surface area (Å²) < 4.78 is 5.41. The number of hydrogen-bond acceptors (Lipinski definition) is 3. The lowest BCUT2D eigenvalue weighted by atomic mass is 9.87. The molecule has 96 valence electrons. The Hall–Kier alpha value is -0.120. The second-order valence-corrected chi connectivity index (χ2v) is 5.72. The Bertz CT molecular complexity index is 200. The van der Waals surface area contributed by atoms with Gasteiger partial charge < -0.3 is 10.5 Å². The number of piperidine rings is 1. The van der Waals surface area contributed by atoms with Gasteiger partial charge in [0.1, 0.15) is 0 Å². The summed E-state index contributed by atoms with van der Waals surface area (Å²) in [7, 11) is 1.82. The third-order valence-corrected chi connectivity index (χ3v) is 3.83. The summed E-state index contributed by atoms with van der Waals surface area (Å²) in [5, 5.41) is 0. The Morgan fingerprint density at radius 2 is 1.94 bits per heavy atom. The van der Waals surface area contributed by atoms with E-state index in [-0.39, 0.29) is 5.54 Å².